The first-order valence-corrected chi connectivity index (χ1v) is 9.66. The van der Waals surface area contributed by atoms with Gasteiger partial charge in [-0.1, -0.05) is 0 Å². The lowest BCUT2D eigenvalue weighted by Gasteiger charge is -2.31. The molecule has 0 fully saturated rings. The zero-order chi connectivity index (χ0) is 22.8. The van der Waals surface area contributed by atoms with Gasteiger partial charge in [0.15, 0.2) is 0 Å². The van der Waals surface area contributed by atoms with E-state index in [4.69, 9.17) is 11.6 Å². The lowest BCUT2D eigenvalue weighted by Crippen LogP contribution is -2.44. The number of pyridine rings is 1. The van der Waals surface area contributed by atoms with Gasteiger partial charge in [-0.25, -0.2) is 15.2 Å². The molecule has 166 valence electrons. The number of rotatable bonds is 5. The molecule has 0 aliphatic heterocycles. The lowest BCUT2D eigenvalue weighted by molar-refractivity contribution is -0.137. The van der Waals surface area contributed by atoms with Crippen molar-refractivity contribution in [2.24, 2.45) is 11.6 Å². The molecule has 0 radical (unpaired) electrons. The van der Waals surface area contributed by atoms with E-state index >= 15 is 0 Å². The number of carbonyl (C=O) groups excluding carboxylic acids is 1. The topological polar surface area (TPSA) is 97.3 Å². The highest BCUT2D eigenvalue weighted by atomic mass is 19.4. The summed E-state index contributed by atoms with van der Waals surface area (Å²) in [6.07, 6.45) is -1.06. The maximum absolute atomic E-state index is 13.7. The molecule has 1 heterocycles. The number of hydrogen-bond acceptors (Lipinski definition) is 5. The normalized spacial score (nSPS) is 16.9. The predicted molar refractivity (Wildman–Crippen MR) is 108 cm³/mol. The minimum atomic E-state index is -4.64. The Labute approximate surface area is 176 Å². The van der Waals surface area contributed by atoms with E-state index < -0.39 is 17.6 Å². The summed E-state index contributed by atoms with van der Waals surface area (Å²) in [6.45, 7) is 1.41. The molecule has 0 saturated carbocycles. The molecule has 0 spiro atoms. The second-order valence-corrected chi connectivity index (χ2v) is 7.46. The second-order valence-electron chi connectivity index (χ2n) is 7.46. The van der Waals surface area contributed by atoms with E-state index in [0.717, 1.165) is 18.6 Å². The summed E-state index contributed by atoms with van der Waals surface area (Å²) in [7, 11) is 0. The molecule has 3 rings (SSSR count). The van der Waals surface area contributed by atoms with Crippen LogP contribution in [-0.2, 0) is 17.4 Å². The molecule has 5 N–H and O–H groups in total. The van der Waals surface area contributed by atoms with Crippen LogP contribution in [0.3, 0.4) is 0 Å². The molecule has 1 aliphatic carbocycles. The molecule has 1 aromatic carbocycles. The summed E-state index contributed by atoms with van der Waals surface area (Å²) < 4.78 is 52.6. The number of nitrogens with two attached hydrogens (primary N) is 2. The molecule has 0 bridgehead atoms. The van der Waals surface area contributed by atoms with Crippen molar-refractivity contribution in [2.45, 2.75) is 44.8 Å². The van der Waals surface area contributed by atoms with Gasteiger partial charge in [0.2, 0.25) is 5.91 Å². The van der Waals surface area contributed by atoms with Crippen LogP contribution in [0.15, 0.2) is 47.9 Å². The monoisotopic (exact) mass is 437 g/mol. The SMILES string of the molecule is CC(=O)NC1CCCC(N(N)c2cc(Cc3cc(F)cc(C(F)(F)F)c3)ccn2)=C1N. The van der Waals surface area contributed by atoms with Gasteiger partial charge in [-0.05, 0) is 67.1 Å². The third-order valence-electron chi connectivity index (χ3n) is 5.03. The Balaban J connectivity index is 1.85. The molecule has 1 unspecified atom stereocenters. The van der Waals surface area contributed by atoms with Gasteiger partial charge in [0, 0.05) is 13.1 Å². The summed E-state index contributed by atoms with van der Waals surface area (Å²) in [5.41, 5.74) is 7.00. The van der Waals surface area contributed by atoms with Gasteiger partial charge in [-0.3, -0.25) is 9.80 Å². The second kappa shape index (κ2) is 8.93. The number of alkyl halides is 3. The fourth-order valence-corrected chi connectivity index (χ4v) is 3.62. The average molecular weight is 437 g/mol. The Hall–Kier alpha value is -3.14. The number of allylic oxidation sites excluding steroid dienone is 1. The van der Waals surface area contributed by atoms with Crippen molar-refractivity contribution in [3.8, 4) is 0 Å². The van der Waals surface area contributed by atoms with Crippen molar-refractivity contribution < 1.29 is 22.4 Å². The molecular weight excluding hydrogens is 414 g/mol. The first-order valence-electron chi connectivity index (χ1n) is 9.66. The van der Waals surface area contributed by atoms with Crippen molar-refractivity contribution in [1.82, 2.24) is 10.3 Å². The van der Waals surface area contributed by atoms with Crippen molar-refractivity contribution in [3.05, 3.63) is 70.4 Å². The van der Waals surface area contributed by atoms with E-state index in [-0.39, 0.29) is 23.9 Å². The third kappa shape index (κ3) is 5.52. The van der Waals surface area contributed by atoms with Crippen LogP contribution in [0.4, 0.5) is 23.4 Å². The standard InChI is InChI=1S/C21H23F4N5O/c1-12(31)29-17-3-2-4-18(20(17)26)30(27)19-10-13(5-6-28-19)7-14-8-15(21(23,24)25)11-16(22)9-14/h5-6,8-11,17H,2-4,7,26-27H2,1H3,(H,29,31). The Bertz CT molecular complexity index is 1010. The van der Waals surface area contributed by atoms with Crippen LogP contribution >= 0.6 is 0 Å². The number of nitrogens with zero attached hydrogens (tertiary/aromatic N) is 2. The fraction of sp³-hybridized carbons (Fsp3) is 0.333. The van der Waals surface area contributed by atoms with E-state index in [1.807, 2.05) is 0 Å². The molecular formula is C21H23F4N5O. The summed E-state index contributed by atoms with van der Waals surface area (Å²) in [4.78, 5) is 15.6. The van der Waals surface area contributed by atoms with Crippen LogP contribution in [0, 0.1) is 5.82 Å². The van der Waals surface area contributed by atoms with Crippen molar-refractivity contribution in [3.63, 3.8) is 0 Å². The van der Waals surface area contributed by atoms with Gasteiger partial charge in [0.25, 0.3) is 0 Å². The molecule has 1 atom stereocenters. The Kier molecular flexibility index (Phi) is 6.49. The summed E-state index contributed by atoms with van der Waals surface area (Å²) >= 11 is 0. The Morgan fingerprint density at radius 3 is 2.68 bits per heavy atom. The zero-order valence-electron chi connectivity index (χ0n) is 16.8. The zero-order valence-corrected chi connectivity index (χ0v) is 16.8. The van der Waals surface area contributed by atoms with E-state index in [1.54, 1.807) is 12.1 Å². The van der Waals surface area contributed by atoms with Crippen LogP contribution in [0.2, 0.25) is 0 Å². The highest BCUT2D eigenvalue weighted by Crippen LogP contribution is 2.31. The van der Waals surface area contributed by atoms with Crippen molar-refractivity contribution in [1.29, 1.82) is 0 Å². The molecule has 10 heteroatoms. The Morgan fingerprint density at radius 1 is 1.26 bits per heavy atom. The maximum Gasteiger partial charge on any atom is 0.416 e. The molecule has 2 aromatic rings. The number of hydrogen-bond donors (Lipinski definition) is 3. The smallest absolute Gasteiger partial charge is 0.399 e. The Morgan fingerprint density at radius 2 is 2.00 bits per heavy atom. The number of anilines is 1. The number of benzene rings is 1. The maximum atomic E-state index is 13.7. The number of amides is 1. The average Bonchev–Trinajstić information content (AvgIpc) is 2.68. The van der Waals surface area contributed by atoms with Gasteiger partial charge < -0.3 is 11.1 Å². The van der Waals surface area contributed by atoms with Gasteiger partial charge >= 0.3 is 6.18 Å². The number of aromatic nitrogens is 1. The van der Waals surface area contributed by atoms with E-state index in [0.29, 0.717) is 41.7 Å². The molecule has 6 nitrogen and oxygen atoms in total. The highest BCUT2D eigenvalue weighted by molar-refractivity contribution is 5.73. The van der Waals surface area contributed by atoms with Gasteiger partial charge in [0.05, 0.1) is 23.0 Å². The molecule has 1 aromatic heterocycles. The molecule has 1 amide bonds. The van der Waals surface area contributed by atoms with Gasteiger partial charge in [-0.15, -0.1) is 0 Å². The number of nitrogens with one attached hydrogen (secondary N) is 1. The van der Waals surface area contributed by atoms with Crippen LogP contribution in [0.25, 0.3) is 0 Å². The number of halogens is 4. The van der Waals surface area contributed by atoms with Crippen molar-refractivity contribution in [2.75, 3.05) is 5.01 Å². The molecule has 0 saturated heterocycles. The van der Waals surface area contributed by atoms with Crippen LogP contribution in [0.5, 0.6) is 0 Å². The number of hydrazine groups is 1. The minimum Gasteiger partial charge on any atom is -0.399 e. The van der Waals surface area contributed by atoms with Crippen molar-refractivity contribution >= 4 is 11.7 Å². The van der Waals surface area contributed by atoms with E-state index in [9.17, 15) is 22.4 Å². The predicted octanol–water partition coefficient (Wildman–Crippen LogP) is 3.37. The molecule has 1 aliphatic rings. The summed E-state index contributed by atoms with van der Waals surface area (Å²) in [6, 6.07) is 5.35. The summed E-state index contributed by atoms with van der Waals surface area (Å²) in [5.74, 6) is 5.41. The minimum absolute atomic E-state index is 0.0627. The summed E-state index contributed by atoms with van der Waals surface area (Å²) in [5, 5.41) is 4.10. The highest BCUT2D eigenvalue weighted by Gasteiger charge is 2.31. The van der Waals surface area contributed by atoms with E-state index in [1.165, 1.54) is 18.1 Å². The quantitative estimate of drug-likeness (QED) is 0.379. The fourth-order valence-electron chi connectivity index (χ4n) is 3.62. The van der Waals surface area contributed by atoms with Crippen LogP contribution in [0.1, 0.15) is 42.9 Å². The largest absolute Gasteiger partial charge is 0.416 e. The lowest BCUT2D eigenvalue weighted by atomic mass is 9.96. The number of carbonyl (C=O) groups is 1. The third-order valence-corrected chi connectivity index (χ3v) is 5.03. The van der Waals surface area contributed by atoms with E-state index in [2.05, 4.69) is 10.3 Å². The van der Waals surface area contributed by atoms with Gasteiger partial charge in [-0.2, -0.15) is 13.2 Å². The van der Waals surface area contributed by atoms with Gasteiger partial charge in [0.1, 0.15) is 11.6 Å². The molecule has 31 heavy (non-hydrogen) atoms. The first kappa shape index (κ1) is 22.5. The van der Waals surface area contributed by atoms with Crippen LogP contribution in [-0.4, -0.2) is 16.9 Å². The first-order chi connectivity index (χ1) is 14.5. The van der Waals surface area contributed by atoms with Crippen LogP contribution < -0.4 is 21.9 Å².